The van der Waals surface area contributed by atoms with Gasteiger partial charge < -0.3 is 9.84 Å². The Hall–Kier alpha value is -0.410. The number of Topliss-reactive ketones (excluding diaryl/α,β-unsaturated/α-hetero) is 1. The quantitative estimate of drug-likeness (QED) is 0.718. The zero-order valence-corrected chi connectivity index (χ0v) is 10.9. The first-order chi connectivity index (χ1) is 8.60. The molecule has 18 heavy (non-hydrogen) atoms. The lowest BCUT2D eigenvalue weighted by Crippen LogP contribution is -2.50. The van der Waals surface area contributed by atoms with E-state index in [0.29, 0.717) is 31.1 Å². The second-order valence-electron chi connectivity index (χ2n) is 7.03. The van der Waals surface area contributed by atoms with Crippen LogP contribution in [0.5, 0.6) is 0 Å². The summed E-state index contributed by atoms with van der Waals surface area (Å²) in [5, 5.41) is 10.6. The zero-order chi connectivity index (χ0) is 12.4. The van der Waals surface area contributed by atoms with Crippen LogP contribution in [0.3, 0.4) is 0 Å². The van der Waals surface area contributed by atoms with Crippen LogP contribution in [0.2, 0.25) is 0 Å². The lowest BCUT2D eigenvalue weighted by Gasteiger charge is -2.48. The Morgan fingerprint density at radius 3 is 2.94 bits per heavy atom. The maximum Gasteiger partial charge on any atom is 0.166 e. The molecule has 0 radical (unpaired) electrons. The van der Waals surface area contributed by atoms with Gasteiger partial charge in [0.2, 0.25) is 0 Å². The summed E-state index contributed by atoms with van der Waals surface area (Å²) in [6, 6.07) is 0. The number of ketones is 1. The van der Waals surface area contributed by atoms with Crippen LogP contribution in [0.4, 0.5) is 0 Å². The third kappa shape index (κ3) is 1.16. The second-order valence-corrected chi connectivity index (χ2v) is 7.03. The molecule has 0 aromatic heterocycles. The van der Waals surface area contributed by atoms with Crippen molar-refractivity contribution >= 4 is 5.78 Å². The van der Waals surface area contributed by atoms with Crippen molar-refractivity contribution in [2.45, 2.75) is 63.6 Å². The van der Waals surface area contributed by atoms with Crippen LogP contribution >= 0.6 is 0 Å². The van der Waals surface area contributed by atoms with Crippen molar-refractivity contribution in [2.24, 2.45) is 16.7 Å². The van der Waals surface area contributed by atoms with E-state index in [1.54, 1.807) is 0 Å². The van der Waals surface area contributed by atoms with E-state index in [1.165, 1.54) is 19.3 Å². The molecule has 3 saturated carbocycles. The Bertz CT molecular complexity index is 407. The van der Waals surface area contributed by atoms with Gasteiger partial charge in [-0.15, -0.1) is 0 Å². The van der Waals surface area contributed by atoms with E-state index in [4.69, 9.17) is 4.74 Å². The van der Waals surface area contributed by atoms with Crippen LogP contribution in [0.1, 0.15) is 57.8 Å². The summed E-state index contributed by atoms with van der Waals surface area (Å²) in [5.41, 5.74) is -0.0628. The largest absolute Gasteiger partial charge is 0.365 e. The standard InChI is InChI=1S/C15H22O3/c16-12-9-11-3-1-4-13(11)7-8-18-15(17)6-2-5-14(12,13)10-15/h11,17H,1-10H2/t11-,13+,14-,15+/m0/s1. The molecule has 4 fully saturated rings. The summed E-state index contributed by atoms with van der Waals surface area (Å²) >= 11 is 0. The van der Waals surface area contributed by atoms with Crippen LogP contribution in [0.15, 0.2) is 0 Å². The molecule has 4 aliphatic rings. The number of carbonyl (C=O) groups is 1. The third-order valence-corrected chi connectivity index (χ3v) is 6.54. The summed E-state index contributed by atoms with van der Waals surface area (Å²) in [6.45, 7) is 0.641. The smallest absolute Gasteiger partial charge is 0.166 e. The van der Waals surface area contributed by atoms with Crippen molar-refractivity contribution in [3.05, 3.63) is 0 Å². The Morgan fingerprint density at radius 1 is 1.17 bits per heavy atom. The van der Waals surface area contributed by atoms with Crippen molar-refractivity contribution < 1.29 is 14.6 Å². The number of rotatable bonds is 0. The molecule has 3 nitrogen and oxygen atoms in total. The van der Waals surface area contributed by atoms with Gasteiger partial charge in [-0.3, -0.25) is 4.79 Å². The first-order valence-corrected chi connectivity index (χ1v) is 7.50. The van der Waals surface area contributed by atoms with Gasteiger partial charge in [-0.1, -0.05) is 6.42 Å². The van der Waals surface area contributed by atoms with E-state index in [9.17, 15) is 9.90 Å². The number of aliphatic hydroxyl groups is 1. The summed E-state index contributed by atoms with van der Waals surface area (Å²) in [6.07, 6.45) is 8.65. The Morgan fingerprint density at radius 2 is 2.06 bits per heavy atom. The van der Waals surface area contributed by atoms with Crippen molar-refractivity contribution in [2.75, 3.05) is 6.61 Å². The highest BCUT2D eigenvalue weighted by molar-refractivity contribution is 5.89. The van der Waals surface area contributed by atoms with E-state index in [-0.39, 0.29) is 10.8 Å². The van der Waals surface area contributed by atoms with Crippen molar-refractivity contribution in [3.8, 4) is 0 Å². The maximum atomic E-state index is 12.7. The van der Waals surface area contributed by atoms with Crippen LogP contribution in [-0.2, 0) is 9.53 Å². The lowest BCUT2D eigenvalue weighted by atomic mass is 9.55. The molecule has 4 atom stereocenters. The first kappa shape index (κ1) is 11.4. The van der Waals surface area contributed by atoms with Gasteiger partial charge in [0, 0.05) is 24.7 Å². The van der Waals surface area contributed by atoms with Gasteiger partial charge >= 0.3 is 0 Å². The van der Waals surface area contributed by atoms with Gasteiger partial charge in [0.05, 0.1) is 6.61 Å². The molecule has 1 aliphatic heterocycles. The average Bonchev–Trinajstić information content (AvgIpc) is 2.77. The molecular weight excluding hydrogens is 228 g/mol. The number of ether oxygens (including phenoxy) is 1. The Kier molecular flexibility index (Phi) is 2.14. The van der Waals surface area contributed by atoms with E-state index in [1.807, 2.05) is 0 Å². The van der Waals surface area contributed by atoms with Crippen LogP contribution < -0.4 is 0 Å². The summed E-state index contributed by atoms with van der Waals surface area (Å²) in [4.78, 5) is 12.7. The highest BCUT2D eigenvalue weighted by Crippen LogP contribution is 2.70. The van der Waals surface area contributed by atoms with Gasteiger partial charge in [-0.05, 0) is 43.4 Å². The average molecular weight is 250 g/mol. The normalized spacial score (nSPS) is 54.9. The topological polar surface area (TPSA) is 46.5 Å². The molecule has 0 aromatic rings. The SMILES string of the molecule is O=C1C[C@@H]2CCC[C@@]23CCO[C@]2(O)CCC[C@]13C2. The van der Waals surface area contributed by atoms with Gasteiger partial charge in [0.15, 0.2) is 5.79 Å². The predicted octanol–water partition coefficient (Wildman–Crippen LogP) is 2.42. The molecular formula is C15H22O3. The number of fused-ring (bicyclic) bond motifs is 1. The molecule has 0 amide bonds. The van der Waals surface area contributed by atoms with Gasteiger partial charge in [-0.25, -0.2) is 0 Å². The van der Waals surface area contributed by atoms with E-state index in [0.717, 1.165) is 25.7 Å². The fourth-order valence-corrected chi connectivity index (χ4v) is 5.86. The Labute approximate surface area is 108 Å². The minimum absolute atomic E-state index is 0.176. The molecule has 2 spiro atoms. The van der Waals surface area contributed by atoms with Gasteiger partial charge in [0.1, 0.15) is 5.78 Å². The van der Waals surface area contributed by atoms with Gasteiger partial charge in [0.25, 0.3) is 0 Å². The molecule has 3 heteroatoms. The highest BCUT2D eigenvalue weighted by atomic mass is 16.6. The highest BCUT2D eigenvalue weighted by Gasteiger charge is 2.69. The minimum atomic E-state index is -1.01. The first-order valence-electron chi connectivity index (χ1n) is 7.50. The number of hydrogen-bond donors (Lipinski definition) is 1. The number of carbonyl (C=O) groups excluding carboxylic acids is 1. The molecule has 0 aromatic carbocycles. The van der Waals surface area contributed by atoms with Gasteiger partial charge in [-0.2, -0.15) is 0 Å². The molecule has 1 heterocycles. The van der Waals surface area contributed by atoms with Crippen LogP contribution in [-0.4, -0.2) is 23.3 Å². The summed E-state index contributed by atoms with van der Waals surface area (Å²) in [7, 11) is 0. The number of hydrogen-bond acceptors (Lipinski definition) is 3. The summed E-state index contributed by atoms with van der Waals surface area (Å²) in [5.74, 6) is 0.0133. The molecule has 100 valence electrons. The van der Waals surface area contributed by atoms with E-state index in [2.05, 4.69) is 0 Å². The van der Waals surface area contributed by atoms with Crippen molar-refractivity contribution in [1.29, 1.82) is 0 Å². The third-order valence-electron chi connectivity index (χ3n) is 6.54. The van der Waals surface area contributed by atoms with E-state index < -0.39 is 5.79 Å². The fraction of sp³-hybridized carbons (Fsp3) is 0.933. The predicted molar refractivity (Wildman–Crippen MR) is 65.8 cm³/mol. The molecule has 2 bridgehead atoms. The van der Waals surface area contributed by atoms with Crippen molar-refractivity contribution in [3.63, 3.8) is 0 Å². The van der Waals surface area contributed by atoms with Crippen LogP contribution in [0, 0.1) is 16.7 Å². The Balaban J connectivity index is 1.86. The molecule has 4 rings (SSSR count). The van der Waals surface area contributed by atoms with Crippen LogP contribution in [0.25, 0.3) is 0 Å². The molecule has 1 N–H and O–H groups in total. The molecule has 1 saturated heterocycles. The zero-order valence-electron chi connectivity index (χ0n) is 10.9. The van der Waals surface area contributed by atoms with E-state index >= 15 is 0 Å². The molecule has 0 unspecified atom stereocenters. The maximum absolute atomic E-state index is 12.7. The second kappa shape index (κ2) is 3.37. The minimum Gasteiger partial charge on any atom is -0.365 e. The summed E-state index contributed by atoms with van der Waals surface area (Å²) < 4.78 is 5.75. The molecule has 3 aliphatic carbocycles. The lowest BCUT2D eigenvalue weighted by molar-refractivity contribution is -0.230. The fourth-order valence-electron chi connectivity index (χ4n) is 5.86. The van der Waals surface area contributed by atoms with Crippen molar-refractivity contribution in [1.82, 2.24) is 0 Å². The monoisotopic (exact) mass is 250 g/mol.